The highest BCUT2D eigenvalue weighted by Gasteiger charge is 2.34. The van der Waals surface area contributed by atoms with Crippen molar-refractivity contribution in [1.82, 2.24) is 10.2 Å². The summed E-state index contributed by atoms with van der Waals surface area (Å²) in [5.41, 5.74) is 5.98. The fourth-order valence-electron chi connectivity index (χ4n) is 7.61. The number of phenolic OH excluding ortho intramolecular Hbond substituents is 1. The van der Waals surface area contributed by atoms with Gasteiger partial charge in [0.2, 0.25) is 11.8 Å². The standard InChI is InChI=1S/C39H40FN3O4/c1-42(23-25-7-13-31(35(40)21-25)32-15-16-37(45)41-39(32)46)28-17-19-43(20-18-28)29-10-8-27(9-11-29)38-33-14-12-30(44)22-36(33)47-24-34(38)26-5-3-2-4-6-26/h2-14,21-22,28,32,34,38,44H,15-20,23-24H2,1H3,(H,41,45,46). The minimum atomic E-state index is -0.620. The molecule has 0 radical (unpaired) electrons. The molecule has 0 aliphatic carbocycles. The first kappa shape index (κ1) is 30.9. The normalized spacial score (nSPS) is 21.7. The van der Waals surface area contributed by atoms with Crippen LogP contribution in [0.4, 0.5) is 10.1 Å². The number of benzene rings is 4. The van der Waals surface area contributed by atoms with Crippen LogP contribution in [0.5, 0.6) is 11.5 Å². The molecule has 0 bridgehead atoms. The summed E-state index contributed by atoms with van der Waals surface area (Å²) in [5.74, 6) is -0.506. The van der Waals surface area contributed by atoms with Gasteiger partial charge in [-0.15, -0.1) is 0 Å². The number of nitrogens with zero attached hydrogens (tertiary/aromatic N) is 2. The summed E-state index contributed by atoms with van der Waals surface area (Å²) in [4.78, 5) is 28.5. The molecule has 3 aliphatic rings. The molecular formula is C39H40FN3O4. The Morgan fingerprint density at radius 2 is 1.64 bits per heavy atom. The van der Waals surface area contributed by atoms with Crippen LogP contribution in [0.15, 0.2) is 91.0 Å². The Hall–Kier alpha value is -4.69. The van der Waals surface area contributed by atoms with Gasteiger partial charge in [0.15, 0.2) is 0 Å². The van der Waals surface area contributed by atoms with Gasteiger partial charge < -0.3 is 14.7 Å². The van der Waals surface area contributed by atoms with Crippen molar-refractivity contribution < 1.29 is 23.8 Å². The monoisotopic (exact) mass is 633 g/mol. The summed E-state index contributed by atoms with van der Waals surface area (Å²) >= 11 is 0. The number of piperidine rings is 2. The first-order valence-electron chi connectivity index (χ1n) is 16.5. The summed E-state index contributed by atoms with van der Waals surface area (Å²) in [6, 6.07) is 30.4. The average molecular weight is 634 g/mol. The zero-order chi connectivity index (χ0) is 32.5. The highest BCUT2D eigenvalue weighted by molar-refractivity contribution is 6.00. The maximum atomic E-state index is 15.1. The van der Waals surface area contributed by atoms with Gasteiger partial charge in [0, 0.05) is 66.8 Å². The summed E-state index contributed by atoms with van der Waals surface area (Å²) in [5, 5.41) is 12.4. The van der Waals surface area contributed by atoms with E-state index in [9.17, 15) is 14.7 Å². The SMILES string of the molecule is CN(Cc1ccc(C2CCC(=O)NC2=O)c(F)c1)C1CCN(c2ccc(C3c4ccc(O)cc4OCC3c3ccccc3)cc2)CC1. The Labute approximate surface area is 275 Å². The predicted molar refractivity (Wildman–Crippen MR) is 179 cm³/mol. The lowest BCUT2D eigenvalue weighted by molar-refractivity contribution is -0.134. The first-order valence-corrected chi connectivity index (χ1v) is 16.5. The average Bonchev–Trinajstić information content (AvgIpc) is 3.09. The van der Waals surface area contributed by atoms with Crippen molar-refractivity contribution in [1.29, 1.82) is 0 Å². The number of hydrogen-bond acceptors (Lipinski definition) is 6. The Morgan fingerprint density at radius 1 is 0.894 bits per heavy atom. The van der Waals surface area contributed by atoms with E-state index >= 15 is 4.39 Å². The first-order chi connectivity index (χ1) is 22.8. The van der Waals surface area contributed by atoms with Crippen LogP contribution in [0, 0.1) is 5.82 Å². The predicted octanol–water partition coefficient (Wildman–Crippen LogP) is 6.46. The number of phenols is 1. The minimum absolute atomic E-state index is 0.109. The molecule has 3 heterocycles. The molecule has 4 aromatic rings. The van der Waals surface area contributed by atoms with Crippen molar-refractivity contribution in [3.05, 3.63) is 125 Å². The molecule has 8 heteroatoms. The molecule has 2 N–H and O–H groups in total. The lowest BCUT2D eigenvalue weighted by atomic mass is 9.76. The molecule has 4 aromatic carbocycles. The molecule has 3 aliphatic heterocycles. The zero-order valence-electron chi connectivity index (χ0n) is 26.6. The van der Waals surface area contributed by atoms with Crippen molar-refractivity contribution in [3.63, 3.8) is 0 Å². The van der Waals surface area contributed by atoms with Gasteiger partial charge in [-0.25, -0.2) is 4.39 Å². The van der Waals surface area contributed by atoms with Crippen molar-refractivity contribution >= 4 is 17.5 Å². The van der Waals surface area contributed by atoms with Crippen LogP contribution in [0.3, 0.4) is 0 Å². The van der Waals surface area contributed by atoms with E-state index in [4.69, 9.17) is 4.74 Å². The number of ether oxygens (including phenoxy) is 1. The summed E-state index contributed by atoms with van der Waals surface area (Å²) < 4.78 is 21.2. The topological polar surface area (TPSA) is 82.1 Å². The number of hydrogen-bond donors (Lipinski definition) is 2. The van der Waals surface area contributed by atoms with E-state index in [0.29, 0.717) is 31.2 Å². The minimum Gasteiger partial charge on any atom is -0.508 e. The summed E-state index contributed by atoms with van der Waals surface area (Å²) in [6.07, 6.45) is 2.57. The number of aromatic hydroxyl groups is 1. The smallest absolute Gasteiger partial charge is 0.234 e. The molecular weight excluding hydrogens is 593 g/mol. The second kappa shape index (κ2) is 13.2. The number of halogens is 1. The molecule has 7 nitrogen and oxygen atoms in total. The van der Waals surface area contributed by atoms with Crippen LogP contribution in [-0.2, 0) is 16.1 Å². The molecule has 3 atom stereocenters. The van der Waals surface area contributed by atoms with Crippen LogP contribution in [-0.4, -0.2) is 54.6 Å². The number of rotatable bonds is 7. The third kappa shape index (κ3) is 6.47. The van der Waals surface area contributed by atoms with Crippen molar-refractivity contribution in [2.24, 2.45) is 0 Å². The molecule has 2 amide bonds. The van der Waals surface area contributed by atoms with Crippen molar-refractivity contribution in [3.8, 4) is 11.5 Å². The second-order valence-electron chi connectivity index (χ2n) is 13.1. The van der Waals surface area contributed by atoms with Crippen LogP contribution >= 0.6 is 0 Å². The molecule has 3 unspecified atom stereocenters. The third-order valence-electron chi connectivity index (χ3n) is 10.2. The van der Waals surface area contributed by atoms with E-state index < -0.39 is 11.8 Å². The maximum absolute atomic E-state index is 15.1. The van der Waals surface area contributed by atoms with E-state index in [0.717, 1.165) is 42.8 Å². The maximum Gasteiger partial charge on any atom is 0.234 e. The van der Waals surface area contributed by atoms with E-state index in [2.05, 4.69) is 70.7 Å². The van der Waals surface area contributed by atoms with E-state index in [-0.39, 0.29) is 35.7 Å². The summed E-state index contributed by atoms with van der Waals surface area (Å²) in [6.45, 7) is 3.04. The Kier molecular flexibility index (Phi) is 8.69. The molecule has 7 rings (SSSR count). The molecule has 0 aromatic heterocycles. The van der Waals surface area contributed by atoms with Crippen LogP contribution in [0.2, 0.25) is 0 Å². The number of carbonyl (C=O) groups is 2. The fraction of sp³-hybridized carbons (Fsp3) is 0.333. The highest BCUT2D eigenvalue weighted by Crippen LogP contribution is 2.47. The van der Waals surface area contributed by atoms with Crippen LogP contribution < -0.4 is 15.0 Å². The zero-order valence-corrected chi connectivity index (χ0v) is 26.6. The Balaban J connectivity index is 0.994. The fourth-order valence-corrected chi connectivity index (χ4v) is 7.61. The third-order valence-corrected chi connectivity index (χ3v) is 10.2. The Morgan fingerprint density at radius 3 is 2.36 bits per heavy atom. The van der Waals surface area contributed by atoms with E-state index in [1.807, 2.05) is 18.2 Å². The largest absolute Gasteiger partial charge is 0.508 e. The number of amides is 2. The van der Waals surface area contributed by atoms with Gasteiger partial charge in [-0.05, 0) is 67.3 Å². The van der Waals surface area contributed by atoms with Gasteiger partial charge in [-0.3, -0.25) is 19.8 Å². The highest BCUT2D eigenvalue weighted by atomic mass is 19.1. The number of fused-ring (bicyclic) bond motifs is 1. The molecule has 2 saturated heterocycles. The van der Waals surface area contributed by atoms with E-state index in [1.165, 1.54) is 22.9 Å². The molecule has 0 saturated carbocycles. The van der Waals surface area contributed by atoms with Crippen LogP contribution in [0.1, 0.15) is 71.3 Å². The van der Waals surface area contributed by atoms with Gasteiger partial charge in [0.05, 0.1) is 12.5 Å². The van der Waals surface area contributed by atoms with Gasteiger partial charge in [0.1, 0.15) is 17.3 Å². The molecule has 47 heavy (non-hydrogen) atoms. The molecule has 0 spiro atoms. The number of anilines is 1. The number of nitrogens with one attached hydrogen (secondary N) is 1. The van der Waals surface area contributed by atoms with Gasteiger partial charge in [-0.1, -0.05) is 60.7 Å². The quantitative estimate of drug-likeness (QED) is 0.228. The molecule has 2 fully saturated rings. The lowest BCUT2D eigenvalue weighted by Crippen LogP contribution is -2.43. The summed E-state index contributed by atoms with van der Waals surface area (Å²) in [7, 11) is 2.09. The number of imide groups is 1. The number of carbonyl (C=O) groups excluding carboxylic acids is 2. The van der Waals surface area contributed by atoms with Gasteiger partial charge in [-0.2, -0.15) is 0 Å². The second-order valence-corrected chi connectivity index (χ2v) is 13.1. The van der Waals surface area contributed by atoms with Crippen LogP contribution in [0.25, 0.3) is 0 Å². The van der Waals surface area contributed by atoms with Gasteiger partial charge >= 0.3 is 0 Å². The van der Waals surface area contributed by atoms with Crippen molar-refractivity contribution in [2.45, 2.75) is 56.0 Å². The van der Waals surface area contributed by atoms with Gasteiger partial charge in [0.25, 0.3) is 0 Å². The lowest BCUT2D eigenvalue weighted by Gasteiger charge is -2.38. The molecule has 242 valence electrons. The Bertz CT molecular complexity index is 1750. The van der Waals surface area contributed by atoms with Crippen molar-refractivity contribution in [2.75, 3.05) is 31.6 Å². The van der Waals surface area contributed by atoms with E-state index in [1.54, 1.807) is 18.2 Å².